The lowest BCUT2D eigenvalue weighted by Gasteiger charge is -2.31. The first-order valence-electron chi connectivity index (χ1n) is 15.3. The molecule has 0 saturated carbocycles. The highest BCUT2D eigenvalue weighted by Gasteiger charge is 2.33. The molecule has 0 aromatic heterocycles. The lowest BCUT2D eigenvalue weighted by atomic mass is 10.1. The summed E-state index contributed by atoms with van der Waals surface area (Å²) in [5, 5.41) is 10.9. The Hall–Kier alpha value is -2.86. The Labute approximate surface area is 265 Å². The van der Waals surface area contributed by atoms with Gasteiger partial charge in [-0.2, -0.15) is 0 Å². The molecule has 12 heteroatoms. The molecule has 12 nitrogen and oxygen atoms in total. The molecule has 0 saturated heterocycles. The van der Waals surface area contributed by atoms with E-state index in [2.05, 4.69) is 21.3 Å². The number of carbonyl (C=O) groups excluding carboxylic acids is 4. The third-order valence-electron chi connectivity index (χ3n) is 5.31. The fourth-order valence-electron chi connectivity index (χ4n) is 3.93. The van der Waals surface area contributed by atoms with Gasteiger partial charge in [-0.1, -0.05) is 12.2 Å². The molecule has 4 amide bonds. The average molecular weight is 629 g/mol. The minimum absolute atomic E-state index is 0.333. The van der Waals surface area contributed by atoms with Crippen molar-refractivity contribution >= 4 is 24.0 Å². The first kappa shape index (κ1) is 41.1. The number of alkyl carbamates (subject to hydrolysis) is 2. The molecular weight excluding hydrogens is 568 g/mol. The van der Waals surface area contributed by atoms with Gasteiger partial charge in [0.05, 0.1) is 23.4 Å². The van der Waals surface area contributed by atoms with E-state index in [1.54, 1.807) is 55.4 Å². The van der Waals surface area contributed by atoms with E-state index >= 15 is 0 Å². The monoisotopic (exact) mass is 628 g/mol. The molecule has 4 N–H and O–H groups in total. The van der Waals surface area contributed by atoms with Gasteiger partial charge in [0.15, 0.2) is 0 Å². The van der Waals surface area contributed by atoms with Gasteiger partial charge in [0.25, 0.3) is 0 Å². The zero-order chi connectivity index (χ0) is 34.5. The van der Waals surface area contributed by atoms with Crippen molar-refractivity contribution in [3.8, 4) is 0 Å². The van der Waals surface area contributed by atoms with Crippen LogP contribution in [0.1, 0.15) is 110 Å². The summed E-state index contributed by atoms with van der Waals surface area (Å²) in [7, 11) is 0. The lowest BCUT2D eigenvalue weighted by molar-refractivity contribution is -0.132. The van der Waals surface area contributed by atoms with Crippen molar-refractivity contribution in [3.05, 3.63) is 12.2 Å². The molecule has 4 atom stereocenters. The number of ether oxygens (including phenoxy) is 4. The highest BCUT2D eigenvalue weighted by molar-refractivity contribution is 5.87. The van der Waals surface area contributed by atoms with Gasteiger partial charge in [0.2, 0.25) is 11.8 Å². The second-order valence-corrected chi connectivity index (χ2v) is 14.7. The molecule has 0 spiro atoms. The van der Waals surface area contributed by atoms with Crippen molar-refractivity contribution in [2.24, 2.45) is 0 Å². The second-order valence-electron chi connectivity index (χ2n) is 14.7. The summed E-state index contributed by atoms with van der Waals surface area (Å²) in [5.41, 5.74) is -2.46. The molecule has 0 aliphatic carbocycles. The average Bonchev–Trinajstić information content (AvgIpc) is 2.77. The molecule has 0 aromatic carbocycles. The zero-order valence-corrected chi connectivity index (χ0v) is 29.6. The van der Waals surface area contributed by atoms with Crippen LogP contribution in [0.15, 0.2) is 12.2 Å². The van der Waals surface area contributed by atoms with Crippen LogP contribution in [0, 0.1) is 0 Å². The van der Waals surface area contributed by atoms with Crippen molar-refractivity contribution in [1.82, 2.24) is 21.3 Å². The Kier molecular flexibility index (Phi) is 16.4. The van der Waals surface area contributed by atoms with E-state index < -0.39 is 58.9 Å². The smallest absolute Gasteiger partial charge is 0.408 e. The molecule has 0 unspecified atom stereocenters. The normalized spacial score (nSPS) is 15.5. The van der Waals surface area contributed by atoms with Crippen LogP contribution in [0.4, 0.5) is 9.59 Å². The second kappa shape index (κ2) is 17.6. The van der Waals surface area contributed by atoms with Crippen molar-refractivity contribution in [1.29, 1.82) is 0 Å². The number of hydrogen-bond acceptors (Lipinski definition) is 8. The quantitative estimate of drug-likeness (QED) is 0.159. The first-order chi connectivity index (χ1) is 19.8. The maximum Gasteiger partial charge on any atom is 0.408 e. The highest BCUT2D eigenvalue weighted by atomic mass is 16.6. The van der Waals surface area contributed by atoms with E-state index in [9.17, 15) is 19.2 Å². The minimum atomic E-state index is -0.949. The van der Waals surface area contributed by atoms with Crippen LogP contribution < -0.4 is 21.3 Å². The third-order valence-corrected chi connectivity index (χ3v) is 5.31. The van der Waals surface area contributed by atoms with Crippen LogP contribution in [0.2, 0.25) is 0 Å². The molecule has 0 aliphatic rings. The van der Waals surface area contributed by atoms with Gasteiger partial charge < -0.3 is 40.2 Å². The van der Waals surface area contributed by atoms with Crippen molar-refractivity contribution in [3.63, 3.8) is 0 Å². The van der Waals surface area contributed by atoms with Gasteiger partial charge in [0.1, 0.15) is 23.3 Å². The van der Waals surface area contributed by atoms with Crippen LogP contribution in [-0.4, -0.2) is 83.8 Å². The molecule has 44 heavy (non-hydrogen) atoms. The number of amides is 4. The Morgan fingerprint density at radius 1 is 0.545 bits per heavy atom. The van der Waals surface area contributed by atoms with Crippen LogP contribution in [-0.2, 0) is 28.5 Å². The molecule has 0 bridgehead atoms. The first-order valence-corrected chi connectivity index (χ1v) is 15.3. The van der Waals surface area contributed by atoms with Gasteiger partial charge in [-0.15, -0.1) is 0 Å². The SMILES string of the molecule is C[C@H](OC(C)(C)C)[C@@H](NC(=O)OC(C)(C)C)C(=O)NCCC=CCCNC(=O)[C@@H](NC(=O)OC(C)(C)C)[C@@H](C)OC(C)(C)C. The maximum atomic E-state index is 13.0. The van der Waals surface area contributed by atoms with Crippen LogP contribution >= 0.6 is 0 Å². The van der Waals surface area contributed by atoms with Gasteiger partial charge in [-0.05, 0) is 110 Å². The summed E-state index contributed by atoms with van der Waals surface area (Å²) in [6.45, 7) is 25.8. The zero-order valence-electron chi connectivity index (χ0n) is 29.6. The standard InChI is InChI=1S/C32H60N4O8/c1-21(41-29(3,4)5)23(35-27(39)43-31(9,10)11)25(37)33-19-17-15-16-18-20-34-26(38)24(22(2)42-30(6,7)8)36-28(40)44-32(12,13)14/h15-16,21-24H,17-20H2,1-14H3,(H,33,37)(H,34,38)(H,35,39)(H,36,40)/t21-,22+,23+,24-. The van der Waals surface area contributed by atoms with E-state index in [1.807, 2.05) is 53.7 Å². The van der Waals surface area contributed by atoms with Crippen molar-refractivity contribution in [2.75, 3.05) is 13.1 Å². The molecule has 0 fully saturated rings. The number of hydrogen-bond donors (Lipinski definition) is 4. The number of carbonyl (C=O) groups is 4. The van der Waals surface area contributed by atoms with Crippen molar-refractivity contribution < 1.29 is 38.1 Å². The van der Waals surface area contributed by atoms with E-state index in [-0.39, 0.29) is 11.8 Å². The third kappa shape index (κ3) is 20.9. The maximum absolute atomic E-state index is 13.0. The molecule has 0 aromatic rings. The summed E-state index contributed by atoms with van der Waals surface area (Å²) in [5.74, 6) is -0.771. The van der Waals surface area contributed by atoms with Crippen molar-refractivity contribution in [2.45, 2.75) is 156 Å². The topological polar surface area (TPSA) is 153 Å². The predicted molar refractivity (Wildman–Crippen MR) is 171 cm³/mol. The largest absolute Gasteiger partial charge is 0.444 e. The summed E-state index contributed by atoms with van der Waals surface area (Å²) in [4.78, 5) is 50.7. The number of rotatable bonds is 14. The minimum Gasteiger partial charge on any atom is -0.444 e. The molecule has 256 valence electrons. The summed E-state index contributed by atoms with van der Waals surface area (Å²) in [6, 6.07) is -1.90. The van der Waals surface area contributed by atoms with Crippen LogP contribution in [0.3, 0.4) is 0 Å². The Balaban J connectivity index is 4.97. The summed E-state index contributed by atoms with van der Waals surface area (Å²) >= 11 is 0. The van der Waals surface area contributed by atoms with Gasteiger partial charge in [-0.3, -0.25) is 9.59 Å². The molecule has 0 rings (SSSR count). The Bertz CT molecular complexity index is 879. The fourth-order valence-corrected chi connectivity index (χ4v) is 3.93. The lowest BCUT2D eigenvalue weighted by Crippen LogP contribution is -2.55. The predicted octanol–water partition coefficient (Wildman–Crippen LogP) is 4.75. The highest BCUT2D eigenvalue weighted by Crippen LogP contribution is 2.16. The van der Waals surface area contributed by atoms with Gasteiger partial charge in [0, 0.05) is 13.1 Å². The summed E-state index contributed by atoms with van der Waals surface area (Å²) < 4.78 is 22.5. The van der Waals surface area contributed by atoms with Crippen LogP contribution in [0.5, 0.6) is 0 Å². The van der Waals surface area contributed by atoms with Gasteiger partial charge in [-0.25, -0.2) is 9.59 Å². The Morgan fingerprint density at radius 2 is 0.841 bits per heavy atom. The fraction of sp³-hybridized carbons (Fsp3) is 0.812. The number of nitrogens with one attached hydrogen (secondary N) is 4. The van der Waals surface area contributed by atoms with E-state index in [4.69, 9.17) is 18.9 Å². The molecule has 0 radical (unpaired) electrons. The van der Waals surface area contributed by atoms with E-state index in [0.717, 1.165) is 0 Å². The van der Waals surface area contributed by atoms with E-state index in [0.29, 0.717) is 25.9 Å². The molecule has 0 heterocycles. The molecule has 0 aliphatic heterocycles. The van der Waals surface area contributed by atoms with E-state index in [1.165, 1.54) is 0 Å². The van der Waals surface area contributed by atoms with Crippen LogP contribution in [0.25, 0.3) is 0 Å². The van der Waals surface area contributed by atoms with Gasteiger partial charge >= 0.3 is 12.2 Å². The molecular formula is C32H60N4O8. The Morgan fingerprint density at radius 3 is 1.09 bits per heavy atom. The summed E-state index contributed by atoms with van der Waals surface area (Å²) in [6.07, 6.45) is 2.23.